The molecule has 0 heterocycles. The maximum absolute atomic E-state index is 10.8. The van der Waals surface area contributed by atoms with Crippen molar-refractivity contribution in [2.24, 2.45) is 0 Å². The maximum Gasteiger partial charge on any atom is 0.322 e. The first kappa shape index (κ1) is 15.7. The highest BCUT2D eigenvalue weighted by Gasteiger charge is 2.41. The summed E-state index contributed by atoms with van der Waals surface area (Å²) in [5.41, 5.74) is 0. The van der Waals surface area contributed by atoms with E-state index in [1.807, 2.05) is 0 Å². The van der Waals surface area contributed by atoms with Gasteiger partial charge >= 0.3 is 5.97 Å². The molecule has 0 rings (SSSR count). The van der Waals surface area contributed by atoms with Crippen LogP contribution >= 0.6 is 0 Å². The zero-order chi connectivity index (χ0) is 13.2. The standard InChI is InChI=1S/C6H14O8S2/c1-4-5(13-15(2,9)10)6(7,8)14-16(3,11)12/h5,7-8H,4H2,1-3H3. The molecule has 0 aliphatic rings. The minimum absolute atomic E-state index is 0.185. The van der Waals surface area contributed by atoms with Gasteiger partial charge in [0.15, 0.2) is 6.10 Å². The van der Waals surface area contributed by atoms with Crippen LogP contribution in [-0.4, -0.2) is 51.6 Å². The normalized spacial score (nSPS) is 16.1. The predicted octanol–water partition coefficient (Wildman–Crippen LogP) is -1.64. The van der Waals surface area contributed by atoms with Crippen molar-refractivity contribution in [3.8, 4) is 0 Å². The van der Waals surface area contributed by atoms with Gasteiger partial charge in [-0.3, -0.25) is 4.18 Å². The van der Waals surface area contributed by atoms with Crippen LogP contribution in [0.3, 0.4) is 0 Å². The summed E-state index contributed by atoms with van der Waals surface area (Å²) in [6.45, 7) is 1.36. The fourth-order valence-corrected chi connectivity index (χ4v) is 2.12. The lowest BCUT2D eigenvalue weighted by molar-refractivity contribution is -0.329. The lowest BCUT2D eigenvalue weighted by atomic mass is 10.2. The van der Waals surface area contributed by atoms with E-state index in [0.29, 0.717) is 12.5 Å². The van der Waals surface area contributed by atoms with Gasteiger partial charge in [0.1, 0.15) is 0 Å². The molecule has 16 heavy (non-hydrogen) atoms. The van der Waals surface area contributed by atoms with Crippen molar-refractivity contribution in [2.45, 2.75) is 25.4 Å². The Morgan fingerprint density at radius 1 is 1.12 bits per heavy atom. The molecule has 98 valence electrons. The van der Waals surface area contributed by atoms with Crippen LogP contribution in [0, 0.1) is 0 Å². The molecule has 0 aromatic rings. The molecule has 0 saturated carbocycles. The summed E-state index contributed by atoms with van der Waals surface area (Å²) in [4.78, 5) is 0. The molecule has 10 heteroatoms. The Bertz CT molecular complexity index is 419. The van der Waals surface area contributed by atoms with Gasteiger partial charge in [0.2, 0.25) is 0 Å². The Hall–Kier alpha value is -0.260. The minimum Gasteiger partial charge on any atom is -0.341 e. The topological polar surface area (TPSA) is 127 Å². The van der Waals surface area contributed by atoms with Gasteiger partial charge in [-0.25, -0.2) is 4.18 Å². The van der Waals surface area contributed by atoms with Gasteiger partial charge in [0.25, 0.3) is 20.2 Å². The number of hydrogen-bond donors (Lipinski definition) is 2. The summed E-state index contributed by atoms with van der Waals surface area (Å²) in [7, 11) is -8.14. The smallest absolute Gasteiger partial charge is 0.322 e. The molecule has 0 aromatic carbocycles. The molecule has 0 aliphatic heterocycles. The summed E-state index contributed by atoms with van der Waals surface area (Å²) in [5.74, 6) is -3.23. The van der Waals surface area contributed by atoms with Crippen molar-refractivity contribution in [3.05, 3.63) is 0 Å². The maximum atomic E-state index is 10.8. The molecule has 1 atom stereocenters. The highest BCUT2D eigenvalue weighted by molar-refractivity contribution is 7.86. The van der Waals surface area contributed by atoms with E-state index in [2.05, 4.69) is 8.37 Å². The Kier molecular flexibility index (Phi) is 4.86. The average Bonchev–Trinajstić information content (AvgIpc) is 1.93. The molecule has 2 N–H and O–H groups in total. The summed E-state index contributed by atoms with van der Waals surface area (Å²) >= 11 is 0. The molecule has 0 saturated heterocycles. The lowest BCUT2D eigenvalue weighted by Gasteiger charge is -2.27. The van der Waals surface area contributed by atoms with Gasteiger partial charge in [-0.15, -0.1) is 0 Å². The average molecular weight is 278 g/mol. The molecule has 0 spiro atoms. The van der Waals surface area contributed by atoms with Gasteiger partial charge in [-0.2, -0.15) is 16.8 Å². The van der Waals surface area contributed by atoms with Crippen molar-refractivity contribution in [1.82, 2.24) is 0 Å². The van der Waals surface area contributed by atoms with Crippen molar-refractivity contribution in [2.75, 3.05) is 12.5 Å². The van der Waals surface area contributed by atoms with Crippen LogP contribution in [0.4, 0.5) is 0 Å². The Morgan fingerprint density at radius 2 is 1.56 bits per heavy atom. The van der Waals surface area contributed by atoms with Crippen LogP contribution < -0.4 is 0 Å². The molecule has 0 aliphatic carbocycles. The van der Waals surface area contributed by atoms with E-state index in [0.717, 1.165) is 0 Å². The fourth-order valence-electron chi connectivity index (χ4n) is 0.884. The van der Waals surface area contributed by atoms with E-state index < -0.39 is 32.3 Å². The molecular formula is C6H14O8S2. The molecule has 8 nitrogen and oxygen atoms in total. The number of aliphatic hydroxyl groups is 2. The third-order valence-electron chi connectivity index (χ3n) is 1.36. The second kappa shape index (κ2) is 4.94. The molecular weight excluding hydrogens is 264 g/mol. The van der Waals surface area contributed by atoms with Crippen LogP contribution in [0.1, 0.15) is 13.3 Å². The molecule has 0 fully saturated rings. The van der Waals surface area contributed by atoms with Crippen LogP contribution in [0.25, 0.3) is 0 Å². The van der Waals surface area contributed by atoms with Crippen LogP contribution in [-0.2, 0) is 28.6 Å². The molecule has 0 amide bonds. The molecule has 1 unspecified atom stereocenters. The fraction of sp³-hybridized carbons (Fsp3) is 1.00. The van der Waals surface area contributed by atoms with E-state index in [4.69, 9.17) is 0 Å². The van der Waals surface area contributed by atoms with Crippen molar-refractivity contribution >= 4 is 20.2 Å². The van der Waals surface area contributed by atoms with E-state index in [1.54, 1.807) is 0 Å². The van der Waals surface area contributed by atoms with Crippen LogP contribution in [0.15, 0.2) is 0 Å². The van der Waals surface area contributed by atoms with E-state index >= 15 is 0 Å². The Labute approximate surface area is 94.0 Å². The Balaban J connectivity index is 4.95. The van der Waals surface area contributed by atoms with Crippen LogP contribution in [0.2, 0.25) is 0 Å². The number of rotatable bonds is 6. The minimum atomic E-state index is -4.17. The second-order valence-electron chi connectivity index (χ2n) is 3.14. The third kappa shape index (κ3) is 6.35. The van der Waals surface area contributed by atoms with Gasteiger partial charge in [-0.05, 0) is 6.42 Å². The van der Waals surface area contributed by atoms with Gasteiger partial charge in [0, 0.05) is 0 Å². The van der Waals surface area contributed by atoms with Crippen molar-refractivity contribution < 1.29 is 35.4 Å². The highest BCUT2D eigenvalue weighted by atomic mass is 32.2. The first-order chi connectivity index (χ1) is 6.87. The van der Waals surface area contributed by atoms with Crippen molar-refractivity contribution in [1.29, 1.82) is 0 Å². The van der Waals surface area contributed by atoms with Crippen LogP contribution in [0.5, 0.6) is 0 Å². The van der Waals surface area contributed by atoms with E-state index in [1.165, 1.54) is 6.92 Å². The van der Waals surface area contributed by atoms with Gasteiger partial charge < -0.3 is 10.2 Å². The zero-order valence-corrected chi connectivity index (χ0v) is 10.6. The van der Waals surface area contributed by atoms with Gasteiger partial charge in [0.05, 0.1) is 12.5 Å². The third-order valence-corrected chi connectivity index (χ3v) is 2.49. The SMILES string of the molecule is CCC(OS(C)(=O)=O)C(O)(O)OS(C)(=O)=O. The lowest BCUT2D eigenvalue weighted by Crippen LogP contribution is -2.48. The first-order valence-electron chi connectivity index (χ1n) is 4.11. The summed E-state index contributed by atoms with van der Waals surface area (Å²) in [6.07, 6.45) is -0.652. The first-order valence-corrected chi connectivity index (χ1v) is 7.74. The largest absolute Gasteiger partial charge is 0.341 e. The summed E-state index contributed by atoms with van der Waals surface area (Å²) in [6, 6.07) is 0. The Morgan fingerprint density at radius 3 is 1.81 bits per heavy atom. The summed E-state index contributed by atoms with van der Waals surface area (Å²) in [5, 5.41) is 18.5. The molecule has 0 aromatic heterocycles. The van der Waals surface area contributed by atoms with Gasteiger partial charge in [-0.1, -0.05) is 6.92 Å². The monoisotopic (exact) mass is 278 g/mol. The van der Waals surface area contributed by atoms with E-state index in [9.17, 15) is 27.0 Å². The number of hydrogen-bond acceptors (Lipinski definition) is 8. The quantitative estimate of drug-likeness (QED) is 0.437. The van der Waals surface area contributed by atoms with Crippen molar-refractivity contribution in [3.63, 3.8) is 0 Å². The van der Waals surface area contributed by atoms with E-state index in [-0.39, 0.29) is 6.42 Å². The summed E-state index contributed by atoms with van der Waals surface area (Å²) < 4.78 is 51.1. The second-order valence-corrected chi connectivity index (χ2v) is 6.32. The zero-order valence-electron chi connectivity index (χ0n) is 8.94. The molecule has 0 bridgehead atoms. The predicted molar refractivity (Wildman–Crippen MR) is 53.1 cm³/mol. The molecule has 0 radical (unpaired) electrons. The highest BCUT2D eigenvalue weighted by Crippen LogP contribution is 2.19.